The number of rotatable bonds is 3. The van der Waals surface area contributed by atoms with E-state index in [0.29, 0.717) is 10.6 Å². The van der Waals surface area contributed by atoms with Crippen LogP contribution < -0.4 is 5.32 Å². The Kier molecular flexibility index (Phi) is 4.56. The molecule has 0 aliphatic rings. The summed E-state index contributed by atoms with van der Waals surface area (Å²) in [6.07, 6.45) is 3.02. The van der Waals surface area contributed by atoms with E-state index in [-0.39, 0.29) is 11.9 Å². The van der Waals surface area contributed by atoms with Gasteiger partial charge in [0.1, 0.15) is 0 Å². The fourth-order valence-electron chi connectivity index (χ4n) is 1.65. The molecular formula is C14H12BrClN2O. The van der Waals surface area contributed by atoms with Gasteiger partial charge in [-0.1, -0.05) is 39.7 Å². The summed E-state index contributed by atoms with van der Waals surface area (Å²) in [5, 5.41) is 3.29. The maximum absolute atomic E-state index is 12.1. The van der Waals surface area contributed by atoms with Crippen LogP contribution in [-0.2, 0) is 0 Å². The van der Waals surface area contributed by atoms with Crippen molar-refractivity contribution >= 4 is 33.4 Å². The van der Waals surface area contributed by atoms with Crippen LogP contribution in [0.25, 0.3) is 0 Å². The Labute approximate surface area is 125 Å². The predicted octanol–water partition coefficient (Wildman–Crippen LogP) is 3.99. The maximum atomic E-state index is 12.1. The molecule has 0 unspecified atom stereocenters. The van der Waals surface area contributed by atoms with Crippen LogP contribution in [0, 0.1) is 0 Å². The third kappa shape index (κ3) is 3.55. The lowest BCUT2D eigenvalue weighted by Crippen LogP contribution is -2.26. The lowest BCUT2D eigenvalue weighted by molar-refractivity contribution is 0.0939. The predicted molar refractivity (Wildman–Crippen MR) is 79.3 cm³/mol. The Bertz CT molecular complexity index is 586. The number of nitrogens with zero attached hydrogens (tertiary/aromatic N) is 1. The zero-order valence-corrected chi connectivity index (χ0v) is 12.6. The molecular weight excluding hydrogens is 328 g/mol. The largest absolute Gasteiger partial charge is 0.345 e. The van der Waals surface area contributed by atoms with Crippen molar-refractivity contribution in [1.29, 1.82) is 0 Å². The average molecular weight is 340 g/mol. The van der Waals surface area contributed by atoms with E-state index in [2.05, 4.69) is 26.2 Å². The minimum atomic E-state index is -0.228. The van der Waals surface area contributed by atoms with Crippen LogP contribution in [0.2, 0.25) is 5.02 Å². The smallest absolute Gasteiger partial charge is 0.254 e. The van der Waals surface area contributed by atoms with E-state index >= 15 is 0 Å². The molecule has 2 rings (SSSR count). The van der Waals surface area contributed by atoms with Crippen LogP contribution in [-0.4, -0.2) is 10.9 Å². The van der Waals surface area contributed by atoms with Crippen molar-refractivity contribution in [2.45, 2.75) is 13.0 Å². The molecule has 0 saturated carbocycles. The molecule has 0 aliphatic heterocycles. The fraction of sp³-hybridized carbons (Fsp3) is 0.143. The zero-order chi connectivity index (χ0) is 13.8. The van der Waals surface area contributed by atoms with E-state index in [4.69, 9.17) is 11.6 Å². The Morgan fingerprint density at radius 1 is 1.32 bits per heavy atom. The summed E-state index contributed by atoms with van der Waals surface area (Å²) in [4.78, 5) is 16.0. The lowest BCUT2D eigenvalue weighted by atomic mass is 10.1. The van der Waals surface area contributed by atoms with Crippen molar-refractivity contribution in [1.82, 2.24) is 10.3 Å². The summed E-state index contributed by atoms with van der Waals surface area (Å²) < 4.78 is 1.00. The molecule has 1 N–H and O–H groups in total. The van der Waals surface area contributed by atoms with E-state index in [0.717, 1.165) is 10.0 Å². The Morgan fingerprint density at radius 2 is 2.00 bits per heavy atom. The quantitative estimate of drug-likeness (QED) is 0.918. The summed E-state index contributed by atoms with van der Waals surface area (Å²) in [5.41, 5.74) is 1.41. The minimum absolute atomic E-state index is 0.100. The standard InChI is InChI=1S/C14H12BrClN2O/c1-9(10-2-4-11(15)5-3-10)18-14(19)12-8-17-7-6-13(12)16/h2-9H,1H3,(H,18,19)/t9-/m1/s1. The topological polar surface area (TPSA) is 42.0 Å². The van der Waals surface area contributed by atoms with Crippen molar-refractivity contribution in [3.8, 4) is 0 Å². The first-order valence-electron chi connectivity index (χ1n) is 5.74. The molecule has 1 aromatic carbocycles. The normalized spacial score (nSPS) is 11.9. The molecule has 0 aliphatic carbocycles. The highest BCUT2D eigenvalue weighted by molar-refractivity contribution is 9.10. The van der Waals surface area contributed by atoms with Gasteiger partial charge in [0.15, 0.2) is 0 Å². The first-order valence-corrected chi connectivity index (χ1v) is 6.91. The van der Waals surface area contributed by atoms with Gasteiger partial charge in [-0.3, -0.25) is 9.78 Å². The van der Waals surface area contributed by atoms with E-state index in [1.54, 1.807) is 12.3 Å². The van der Waals surface area contributed by atoms with Gasteiger partial charge in [0.25, 0.3) is 5.91 Å². The number of carbonyl (C=O) groups is 1. The van der Waals surface area contributed by atoms with Gasteiger partial charge in [0.2, 0.25) is 0 Å². The lowest BCUT2D eigenvalue weighted by Gasteiger charge is -2.14. The minimum Gasteiger partial charge on any atom is -0.345 e. The van der Waals surface area contributed by atoms with Crippen LogP contribution in [0.4, 0.5) is 0 Å². The Hall–Kier alpha value is -1.39. The van der Waals surface area contributed by atoms with Crippen molar-refractivity contribution in [3.05, 3.63) is 63.3 Å². The highest BCUT2D eigenvalue weighted by atomic mass is 79.9. The second kappa shape index (κ2) is 6.17. The molecule has 3 nitrogen and oxygen atoms in total. The highest BCUT2D eigenvalue weighted by Gasteiger charge is 2.14. The molecule has 1 aromatic heterocycles. The summed E-state index contributed by atoms with van der Waals surface area (Å²) in [5.74, 6) is -0.228. The first kappa shape index (κ1) is 14.0. The van der Waals surface area contributed by atoms with E-state index in [9.17, 15) is 4.79 Å². The van der Waals surface area contributed by atoms with Crippen LogP contribution in [0.5, 0.6) is 0 Å². The number of halogens is 2. The fourth-order valence-corrected chi connectivity index (χ4v) is 2.11. The molecule has 0 saturated heterocycles. The summed E-state index contributed by atoms with van der Waals surface area (Å²) in [6.45, 7) is 1.92. The summed E-state index contributed by atoms with van der Waals surface area (Å²) in [6, 6.07) is 9.29. The number of pyridine rings is 1. The van der Waals surface area contributed by atoms with Crippen LogP contribution in [0.3, 0.4) is 0 Å². The number of benzene rings is 1. The van der Waals surface area contributed by atoms with Crippen molar-refractivity contribution < 1.29 is 4.79 Å². The van der Waals surface area contributed by atoms with Gasteiger partial charge in [-0.25, -0.2) is 0 Å². The van der Waals surface area contributed by atoms with Gasteiger partial charge >= 0.3 is 0 Å². The van der Waals surface area contributed by atoms with Gasteiger partial charge < -0.3 is 5.32 Å². The molecule has 19 heavy (non-hydrogen) atoms. The third-order valence-corrected chi connectivity index (χ3v) is 3.59. The Morgan fingerprint density at radius 3 is 2.63 bits per heavy atom. The van der Waals surface area contributed by atoms with E-state index in [1.165, 1.54) is 6.20 Å². The molecule has 5 heteroatoms. The molecule has 0 fully saturated rings. The molecule has 1 heterocycles. The second-order valence-corrected chi connectivity index (χ2v) is 5.43. The Balaban J connectivity index is 2.11. The summed E-state index contributed by atoms with van der Waals surface area (Å²) in [7, 11) is 0. The molecule has 0 spiro atoms. The van der Waals surface area contributed by atoms with Gasteiger partial charge in [0, 0.05) is 16.9 Å². The number of aromatic nitrogens is 1. The summed E-state index contributed by atoms with van der Waals surface area (Å²) >= 11 is 9.34. The SMILES string of the molecule is C[C@@H](NC(=O)c1cnccc1Cl)c1ccc(Br)cc1. The third-order valence-electron chi connectivity index (χ3n) is 2.73. The molecule has 1 atom stereocenters. The van der Waals surface area contributed by atoms with Crippen molar-refractivity contribution in [2.75, 3.05) is 0 Å². The number of hydrogen-bond acceptors (Lipinski definition) is 2. The van der Waals surface area contributed by atoms with Crippen molar-refractivity contribution in [3.63, 3.8) is 0 Å². The van der Waals surface area contributed by atoms with Gasteiger partial charge in [-0.2, -0.15) is 0 Å². The number of hydrogen-bond donors (Lipinski definition) is 1. The van der Waals surface area contributed by atoms with E-state index < -0.39 is 0 Å². The van der Waals surface area contributed by atoms with E-state index in [1.807, 2.05) is 31.2 Å². The van der Waals surface area contributed by atoms with Gasteiger partial charge in [-0.05, 0) is 30.7 Å². The molecule has 2 aromatic rings. The van der Waals surface area contributed by atoms with Crippen LogP contribution in [0.1, 0.15) is 28.9 Å². The molecule has 0 radical (unpaired) electrons. The zero-order valence-electron chi connectivity index (χ0n) is 10.2. The second-order valence-electron chi connectivity index (χ2n) is 4.10. The van der Waals surface area contributed by atoms with Crippen LogP contribution in [0.15, 0.2) is 47.2 Å². The van der Waals surface area contributed by atoms with Crippen LogP contribution >= 0.6 is 27.5 Å². The van der Waals surface area contributed by atoms with Gasteiger partial charge in [-0.15, -0.1) is 0 Å². The number of carbonyl (C=O) groups excluding carboxylic acids is 1. The monoisotopic (exact) mass is 338 g/mol. The van der Waals surface area contributed by atoms with Gasteiger partial charge in [0.05, 0.1) is 16.6 Å². The highest BCUT2D eigenvalue weighted by Crippen LogP contribution is 2.18. The number of amides is 1. The van der Waals surface area contributed by atoms with Crippen molar-refractivity contribution in [2.24, 2.45) is 0 Å². The average Bonchev–Trinajstić information content (AvgIpc) is 2.39. The molecule has 98 valence electrons. The molecule has 1 amide bonds. The first-order chi connectivity index (χ1) is 9.08. The molecule has 0 bridgehead atoms. The number of nitrogens with one attached hydrogen (secondary N) is 1. The maximum Gasteiger partial charge on any atom is 0.254 e.